The minimum atomic E-state index is -0.613. The molecule has 0 spiro atoms. The molecule has 0 saturated carbocycles. The van der Waals surface area contributed by atoms with E-state index in [1.54, 1.807) is 30.0 Å². The number of aromatic nitrogens is 5. The van der Waals surface area contributed by atoms with Crippen molar-refractivity contribution in [1.82, 2.24) is 30.7 Å². The lowest BCUT2D eigenvalue weighted by atomic mass is 10.2. The number of thioether (sulfide) groups is 2. The first-order chi connectivity index (χ1) is 17.5. The lowest BCUT2D eigenvalue weighted by molar-refractivity contribution is -0.119. The third kappa shape index (κ3) is 5.92. The van der Waals surface area contributed by atoms with E-state index >= 15 is 0 Å². The number of nitrogens with two attached hydrogens (primary N) is 2. The maximum absolute atomic E-state index is 12.9. The van der Waals surface area contributed by atoms with E-state index in [1.807, 2.05) is 0 Å². The van der Waals surface area contributed by atoms with Crippen LogP contribution in [0, 0.1) is 0 Å². The van der Waals surface area contributed by atoms with Gasteiger partial charge in [0.15, 0.2) is 23.8 Å². The first-order valence-electron chi connectivity index (χ1n) is 10.2. The fourth-order valence-electron chi connectivity index (χ4n) is 2.90. The number of nitrogens with one attached hydrogen (secondary N) is 1. The smallest absolute Gasteiger partial charge is 0.293 e. The Balaban J connectivity index is 1.49. The summed E-state index contributed by atoms with van der Waals surface area (Å²) in [4.78, 5) is 28.2. The summed E-state index contributed by atoms with van der Waals surface area (Å²) in [5.74, 6) is 0.832. The van der Waals surface area contributed by atoms with Crippen LogP contribution < -0.4 is 26.4 Å². The van der Waals surface area contributed by atoms with Gasteiger partial charge in [-0.2, -0.15) is 9.78 Å². The predicted molar refractivity (Wildman–Crippen MR) is 132 cm³/mol. The summed E-state index contributed by atoms with van der Waals surface area (Å²) < 4.78 is 17.4. The lowest BCUT2D eigenvalue weighted by Gasteiger charge is -2.09. The first-order valence-corrected chi connectivity index (χ1v) is 12.2. The van der Waals surface area contributed by atoms with Crippen molar-refractivity contribution in [3.05, 3.63) is 35.2 Å². The molecule has 3 heterocycles. The van der Waals surface area contributed by atoms with Gasteiger partial charge < -0.3 is 20.9 Å². The molecule has 0 aliphatic carbocycles. The van der Waals surface area contributed by atoms with E-state index in [9.17, 15) is 9.59 Å². The second kappa shape index (κ2) is 11.5. The van der Waals surface area contributed by atoms with Crippen molar-refractivity contribution in [2.75, 3.05) is 31.7 Å². The number of methoxy groups -OCH3 is 1. The topological polar surface area (TPSA) is 211 Å². The number of benzene rings is 1. The van der Waals surface area contributed by atoms with Crippen molar-refractivity contribution >= 4 is 51.7 Å². The summed E-state index contributed by atoms with van der Waals surface area (Å²) in [6, 6.07) is 4.86. The molecule has 3 aromatic rings. The third-order valence-corrected chi connectivity index (χ3v) is 6.77. The van der Waals surface area contributed by atoms with Gasteiger partial charge in [0.25, 0.3) is 11.8 Å². The van der Waals surface area contributed by atoms with Crippen molar-refractivity contribution < 1.29 is 23.7 Å². The summed E-state index contributed by atoms with van der Waals surface area (Å²) in [6.07, 6.45) is 1.40. The van der Waals surface area contributed by atoms with E-state index in [4.69, 9.17) is 20.9 Å². The molecule has 1 aliphatic heterocycles. The number of anilines is 1. The van der Waals surface area contributed by atoms with Crippen LogP contribution in [0.1, 0.15) is 21.7 Å². The number of amides is 2. The number of hydrogen-bond acceptors (Lipinski definition) is 14. The molecule has 188 valence electrons. The molecule has 17 heteroatoms. The summed E-state index contributed by atoms with van der Waals surface area (Å²) in [5, 5.41) is 19.3. The third-order valence-electron chi connectivity index (χ3n) is 4.50. The Morgan fingerprint density at radius 2 is 2.22 bits per heavy atom. The minimum absolute atomic E-state index is 0.000846. The van der Waals surface area contributed by atoms with Gasteiger partial charge in [0, 0.05) is 11.5 Å². The van der Waals surface area contributed by atoms with E-state index in [1.165, 1.54) is 29.8 Å². The van der Waals surface area contributed by atoms with Crippen molar-refractivity contribution in [2.24, 2.45) is 15.8 Å². The molecule has 5 N–H and O–H groups in total. The summed E-state index contributed by atoms with van der Waals surface area (Å²) in [7, 11) is 1.45. The van der Waals surface area contributed by atoms with Gasteiger partial charge in [-0.15, -0.1) is 5.10 Å². The molecular weight excluding hydrogens is 512 g/mol. The van der Waals surface area contributed by atoms with Gasteiger partial charge in [-0.1, -0.05) is 28.7 Å². The highest BCUT2D eigenvalue weighted by Crippen LogP contribution is 2.28. The molecule has 1 aromatic carbocycles. The van der Waals surface area contributed by atoms with Gasteiger partial charge in [-0.25, -0.2) is 10.1 Å². The largest absolute Gasteiger partial charge is 0.493 e. The Bertz CT molecular complexity index is 1320. The zero-order valence-electron chi connectivity index (χ0n) is 18.8. The predicted octanol–water partition coefficient (Wildman–Crippen LogP) is 0.205. The van der Waals surface area contributed by atoms with Crippen molar-refractivity contribution in [3.8, 4) is 17.3 Å². The van der Waals surface area contributed by atoms with Crippen molar-refractivity contribution in [3.63, 3.8) is 0 Å². The highest BCUT2D eigenvalue weighted by atomic mass is 32.2. The van der Waals surface area contributed by atoms with Crippen LogP contribution >= 0.6 is 23.5 Å². The first kappa shape index (κ1) is 25.0. The maximum Gasteiger partial charge on any atom is 0.293 e. The van der Waals surface area contributed by atoms with E-state index < -0.39 is 11.8 Å². The molecule has 0 radical (unpaired) electrons. The molecule has 1 aliphatic rings. The molecule has 0 saturated heterocycles. The molecule has 0 atom stereocenters. The minimum Gasteiger partial charge on any atom is -0.493 e. The Morgan fingerprint density at radius 3 is 2.92 bits per heavy atom. The van der Waals surface area contributed by atoms with Crippen LogP contribution in [0.2, 0.25) is 0 Å². The van der Waals surface area contributed by atoms with Crippen LogP contribution in [0.4, 0.5) is 5.82 Å². The SMILES string of the molecule is COc1cc(/C=N\NC(=O)c2nnn(-c3nonc3N)c2CSC2=NCCS2)ccc1OCC(N)=O. The van der Waals surface area contributed by atoms with Gasteiger partial charge in [-0.05, 0) is 34.1 Å². The van der Waals surface area contributed by atoms with E-state index in [0.717, 1.165) is 16.7 Å². The second-order valence-electron chi connectivity index (χ2n) is 6.92. The lowest BCUT2D eigenvalue weighted by Crippen LogP contribution is -2.20. The molecular formula is C19H20N10O5S2. The van der Waals surface area contributed by atoms with E-state index in [0.29, 0.717) is 28.5 Å². The van der Waals surface area contributed by atoms with Crippen LogP contribution in [0.3, 0.4) is 0 Å². The van der Waals surface area contributed by atoms with Crippen LogP contribution in [0.5, 0.6) is 11.5 Å². The highest BCUT2D eigenvalue weighted by Gasteiger charge is 2.24. The molecule has 4 rings (SSSR count). The molecule has 0 fully saturated rings. The number of hydrazone groups is 1. The molecule has 15 nitrogen and oxygen atoms in total. The van der Waals surface area contributed by atoms with Gasteiger partial charge in [-0.3, -0.25) is 14.6 Å². The zero-order chi connectivity index (χ0) is 25.5. The molecule has 2 amide bonds. The van der Waals surface area contributed by atoms with Gasteiger partial charge in [0.2, 0.25) is 11.6 Å². The monoisotopic (exact) mass is 532 g/mol. The Hall–Kier alpha value is -4.12. The standard InChI is InChI=1S/C19H20N10O5S2/c1-32-13-6-10(2-3-12(13)33-8-14(20)30)7-23-25-18(31)15-11(9-36-19-22-4-5-35-19)29(28-24-15)17-16(21)26-34-27-17/h2-3,6-7H,4-5,8-9H2,1H3,(H2,20,30)(H2,21,26)(H,25,31)/b23-7-. The fourth-order valence-corrected chi connectivity index (χ4v) is 4.90. The summed E-state index contributed by atoms with van der Waals surface area (Å²) in [6.45, 7) is 0.457. The normalized spacial score (nSPS) is 13.1. The number of rotatable bonds is 10. The number of primary amides is 1. The average Bonchev–Trinajstić information content (AvgIpc) is 3.62. The van der Waals surface area contributed by atoms with Crippen LogP contribution in [-0.4, -0.2) is 73.7 Å². The quantitative estimate of drug-likeness (QED) is 0.236. The van der Waals surface area contributed by atoms with Gasteiger partial charge in [0.05, 0.1) is 25.6 Å². The van der Waals surface area contributed by atoms with Crippen LogP contribution in [0.25, 0.3) is 5.82 Å². The van der Waals surface area contributed by atoms with E-state index in [-0.39, 0.29) is 23.9 Å². The Kier molecular flexibility index (Phi) is 8.01. The highest BCUT2D eigenvalue weighted by molar-refractivity contribution is 8.38. The van der Waals surface area contributed by atoms with Gasteiger partial charge in [0.1, 0.15) is 4.38 Å². The van der Waals surface area contributed by atoms with Gasteiger partial charge >= 0.3 is 0 Å². The van der Waals surface area contributed by atoms with Crippen LogP contribution in [0.15, 0.2) is 32.9 Å². The number of carbonyl (C=O) groups is 2. The zero-order valence-corrected chi connectivity index (χ0v) is 20.4. The molecule has 2 aromatic heterocycles. The Morgan fingerprint density at radius 1 is 1.36 bits per heavy atom. The van der Waals surface area contributed by atoms with E-state index in [2.05, 4.69) is 40.8 Å². The summed E-state index contributed by atoms with van der Waals surface area (Å²) >= 11 is 3.07. The number of carbonyl (C=O) groups excluding carboxylic acids is 2. The number of aliphatic imine (C=N–C) groups is 1. The number of hydrogen-bond donors (Lipinski definition) is 3. The number of nitrogens with zero attached hydrogens (tertiary/aromatic N) is 7. The van der Waals surface area contributed by atoms with Crippen molar-refractivity contribution in [1.29, 1.82) is 0 Å². The van der Waals surface area contributed by atoms with Crippen molar-refractivity contribution in [2.45, 2.75) is 5.75 Å². The molecule has 0 unspecified atom stereocenters. The van der Waals surface area contributed by atoms with Crippen LogP contribution in [-0.2, 0) is 10.5 Å². The number of ether oxygens (including phenoxy) is 2. The maximum atomic E-state index is 12.9. The fraction of sp³-hybridized carbons (Fsp3) is 0.263. The molecule has 0 bridgehead atoms. The Labute approximate surface area is 212 Å². The average molecular weight is 533 g/mol. The second-order valence-corrected chi connectivity index (χ2v) is 9.22. The molecule has 36 heavy (non-hydrogen) atoms. The summed E-state index contributed by atoms with van der Waals surface area (Å²) in [5.41, 5.74) is 14.4. The number of nitrogen functional groups attached to an aromatic ring is 1.